The van der Waals surface area contributed by atoms with Crippen molar-refractivity contribution in [3.63, 3.8) is 0 Å². The van der Waals surface area contributed by atoms with Crippen molar-refractivity contribution in [3.8, 4) is 0 Å². The second-order valence-electron chi connectivity index (χ2n) is 33.3. The summed E-state index contributed by atoms with van der Waals surface area (Å²) in [5.41, 5.74) is 0. The molecule has 63 heteroatoms. The highest BCUT2D eigenvalue weighted by molar-refractivity contribution is 7.87. The summed E-state index contributed by atoms with van der Waals surface area (Å²) in [5.74, 6) is -5.32. The molecule has 21 rings (SSSR count). The van der Waals surface area contributed by atoms with Crippen molar-refractivity contribution in [3.05, 3.63) is 0 Å². The van der Waals surface area contributed by atoms with Crippen molar-refractivity contribution >= 4 is 70.8 Å². The van der Waals surface area contributed by atoms with Crippen LogP contribution in [0.25, 0.3) is 0 Å². The van der Waals surface area contributed by atoms with E-state index in [1.807, 2.05) is 0 Å². The number of rotatable bonds is 56. The third kappa shape index (κ3) is 37.5. The lowest BCUT2D eigenvalue weighted by atomic mass is 9.94. The minimum Gasteiger partial charge on any atom is -0.379 e. The molecule has 0 aliphatic carbocycles. The molecule has 0 unspecified atom stereocenters. The van der Waals surface area contributed by atoms with Gasteiger partial charge in [-0.3, -0.25) is 31.9 Å². The van der Waals surface area contributed by atoms with E-state index in [0.717, 1.165) is 0 Å². The first-order chi connectivity index (χ1) is 66.2. The molecule has 7 N–H and O–H groups in total. The largest absolute Gasteiger partial charge is 0.379 e. The van der Waals surface area contributed by atoms with Crippen molar-refractivity contribution in [1.29, 1.82) is 0 Å². The zero-order valence-electron chi connectivity index (χ0n) is 80.0. The lowest BCUT2D eigenvalue weighted by Gasteiger charge is -2.52. The van der Waals surface area contributed by atoms with Crippen LogP contribution in [0.15, 0.2) is 0 Å². The Morgan fingerprint density at radius 1 is 0.164 bits per heavy atom. The summed E-state index contributed by atoms with van der Waals surface area (Å²) in [5, 5.41) is 0. The topological polar surface area (TPSA) is 704 Å². The maximum absolute atomic E-state index is 12.1. The third-order valence-corrected chi connectivity index (χ3v) is 29.4. The molecule has 140 heavy (non-hydrogen) atoms. The van der Waals surface area contributed by atoms with E-state index >= 15 is 0 Å². The molecule has 21 aliphatic rings. The molecule has 0 aromatic rings. The van der Waals surface area contributed by atoms with Gasteiger partial charge in [-0.1, -0.05) is 0 Å². The van der Waals surface area contributed by atoms with Crippen LogP contribution < -0.4 is 0 Å². The molecule has 21 aliphatic heterocycles. The molecule has 56 nitrogen and oxygen atoms in total. The van der Waals surface area contributed by atoms with Crippen LogP contribution in [0.4, 0.5) is 0 Å². The summed E-state index contributed by atoms with van der Waals surface area (Å²) in [6, 6.07) is 0. The van der Waals surface area contributed by atoms with E-state index in [1.165, 1.54) is 99.5 Å². The smallest absolute Gasteiger partial charge is 0.264 e. The van der Waals surface area contributed by atoms with Gasteiger partial charge in [0.15, 0.2) is 44.0 Å². The quantitative estimate of drug-likeness (QED) is 0.0226. The summed E-state index contributed by atoms with van der Waals surface area (Å²) in [6.07, 6.45) is -55.3. The Morgan fingerprint density at radius 2 is 0.264 bits per heavy atom. The minimum absolute atomic E-state index is 0.280. The van der Waals surface area contributed by atoms with E-state index in [4.69, 9.17) is 166 Å². The van der Waals surface area contributed by atoms with Crippen molar-refractivity contribution in [2.24, 2.45) is 0 Å². The molecule has 0 saturated carbocycles. The first-order valence-electron chi connectivity index (χ1n) is 44.5. The van der Waals surface area contributed by atoms with Gasteiger partial charge >= 0.3 is 0 Å². The molecule has 0 spiro atoms. The zero-order chi connectivity index (χ0) is 103. The summed E-state index contributed by atoms with van der Waals surface area (Å²) < 4.78 is 467. The van der Waals surface area contributed by atoms with Gasteiger partial charge in [-0.25, -0.2) is 0 Å². The van der Waals surface area contributed by atoms with Gasteiger partial charge in [-0.15, -0.1) is 0 Å². The van der Waals surface area contributed by atoms with Crippen LogP contribution in [-0.4, -0.2) is 538 Å². The van der Waals surface area contributed by atoms with Crippen LogP contribution in [0, 0.1) is 0 Å². The standard InChI is InChI=1S/C77H140O56S7/c1-99-57-50-43(36-113-22-15-29-134(78,79)80)120-71(64(57)106-8)128-51-44(37-114-23-16-30-135(81,82)83)122-73(66(108-10)58(51)100-2)130-53-46(39-116-25-18-32-137(87,88)89)124-75(68(110-12)60(53)102-4)132-55-48(41-118-27-20-34-139(93,94)95)126-77(70(112-14)62(55)104-6)133-56-49(42-119-28-21-35-140(96,97)98)125-76(69(111-13)63(56)105-7)131-54-47(40-117-26-19-33-138(90,91)92)123-74(67(109-11)61(54)103-5)129-52-45(38-115-24-17-31-136(84,85)86)121-72(127-50)65(107-9)59(52)101-3/h43-77H,15-42H2,1-14H3,(H,78,79,80)(H,81,82,83)(H,84,85,86)(H,87,88,89)(H,90,91,92)(H,93,94,95)(H,96,97,98)/t43-,44-,45-,46-,47-,48-,49-,50-,51-,52-,53-,54-,55-,56-,57+,58+,59+,60+,61+,62+,63+,64-,65-,66-,67-,68-,69-,70-,71-,72-,73-,74-,75-,76-,77-/m1/s1. The molecular formula is C77H140O56S7. The number of methoxy groups -OCH3 is 14. The molecule has 21 saturated heterocycles. The van der Waals surface area contributed by atoms with Gasteiger partial charge in [0.05, 0.1) is 86.5 Å². The molecular weight excluding hydrogens is 2050 g/mol. The Kier molecular flexibility index (Phi) is 51.5. The number of hydrogen-bond acceptors (Lipinski definition) is 49. The molecule has 0 radical (unpaired) electrons. The fourth-order valence-electron chi connectivity index (χ4n) is 17.5. The minimum atomic E-state index is -4.56. The van der Waals surface area contributed by atoms with Gasteiger partial charge in [-0.05, 0) is 44.9 Å². The van der Waals surface area contributed by atoms with Gasteiger partial charge in [-0.2, -0.15) is 58.9 Å². The van der Waals surface area contributed by atoms with Crippen LogP contribution in [-0.2, 0) is 237 Å². The molecule has 0 aromatic heterocycles. The SMILES string of the molecule is CO[C@@H]1[C@@H](OC)[C@H]2O[C@H]3[C@H](OC)[C@@H](OC)[C@@H](O[C@H]4[C@H](OC)[C@@H](OC)[C@@H](O[C@H]5[C@H](OC)[C@@H](OC)[C@@H](O[C@H]6[C@H](OC)[C@@H](OC)[C@@H](O[C@H]7[C@H](OC)[C@@H](OC)[C@@H](O[C@H]8[C@H](OC)[C@@H](OC)[C@@H](O[C@@H]1[C@@H](COCCCS(=O)(=O)O)O2)O[C@@H]8COCCCS(=O)(=O)O)O[C@@H]7COCCCS(=O)(=O)O)O[C@@H]6COCCCS(=O)(=O)O)O[C@@H]5COCCCS(=O)(=O)O)O[C@@H]4COCCCS(=O)(=O)O)O[C@@H]3COCCCS(=O)(=O)O. The Labute approximate surface area is 815 Å². The van der Waals surface area contributed by atoms with E-state index in [2.05, 4.69) is 0 Å². The first-order valence-corrected chi connectivity index (χ1v) is 55.7. The van der Waals surface area contributed by atoms with Crippen LogP contribution in [0.5, 0.6) is 0 Å². The number of ether oxygens (including phenoxy) is 35. The monoisotopic (exact) mass is 2180 g/mol. The first kappa shape index (κ1) is 123. The summed E-state index contributed by atoms with van der Waals surface area (Å²) in [7, 11) is -14.3. The fourth-order valence-corrected chi connectivity index (χ4v) is 20.9. The maximum Gasteiger partial charge on any atom is 0.264 e. The van der Waals surface area contributed by atoms with Crippen LogP contribution in [0.2, 0.25) is 0 Å². The second-order valence-corrected chi connectivity index (χ2v) is 44.3. The van der Waals surface area contributed by atoms with E-state index < -0.39 is 372 Å². The van der Waals surface area contributed by atoms with Crippen LogP contribution >= 0.6 is 0 Å². The molecule has 0 aromatic carbocycles. The predicted molar refractivity (Wildman–Crippen MR) is 469 cm³/mol. The van der Waals surface area contributed by atoms with Crippen LogP contribution in [0.1, 0.15) is 44.9 Å². The second kappa shape index (κ2) is 58.5. The highest BCUT2D eigenvalue weighted by Crippen LogP contribution is 2.44. The zero-order valence-corrected chi connectivity index (χ0v) is 85.7. The van der Waals surface area contributed by atoms with Crippen molar-refractivity contribution < 1.29 is 257 Å². The summed E-state index contributed by atoms with van der Waals surface area (Å²) in [4.78, 5) is 0. The summed E-state index contributed by atoms with van der Waals surface area (Å²) >= 11 is 0. The van der Waals surface area contributed by atoms with E-state index in [1.54, 1.807) is 0 Å². The average molecular weight is 2190 g/mol. The third-order valence-electron chi connectivity index (χ3n) is 23.8. The molecule has 0 amide bonds. The van der Waals surface area contributed by atoms with Crippen molar-refractivity contribution in [2.75, 3.05) is 232 Å². The van der Waals surface area contributed by atoms with E-state index in [-0.39, 0.29) is 91.2 Å². The molecule has 35 atom stereocenters. The van der Waals surface area contributed by atoms with Crippen LogP contribution in [0.3, 0.4) is 0 Å². The molecule has 21 heterocycles. The van der Waals surface area contributed by atoms with Gasteiger partial charge in [0, 0.05) is 146 Å². The molecule has 826 valence electrons. The van der Waals surface area contributed by atoms with Gasteiger partial charge in [0.1, 0.15) is 171 Å². The predicted octanol–water partition coefficient (Wildman–Crippen LogP) is -3.96. The van der Waals surface area contributed by atoms with Gasteiger partial charge in [0.25, 0.3) is 70.8 Å². The maximum atomic E-state index is 12.1. The highest BCUT2D eigenvalue weighted by Gasteiger charge is 2.63. The van der Waals surface area contributed by atoms with Gasteiger partial charge in [0.2, 0.25) is 0 Å². The van der Waals surface area contributed by atoms with Crippen molar-refractivity contribution in [2.45, 2.75) is 260 Å². The number of hydrogen-bond donors (Lipinski definition) is 7. The average Bonchev–Trinajstić information content (AvgIpc) is 0.790. The Hall–Kier alpha value is -2.03. The Morgan fingerprint density at radius 3 is 0.350 bits per heavy atom. The summed E-state index contributed by atoms with van der Waals surface area (Å²) in [6.45, 7) is -6.41. The Balaban J connectivity index is 1.36. The van der Waals surface area contributed by atoms with E-state index in [0.29, 0.717) is 0 Å². The Bertz CT molecular complexity index is 3640. The molecule has 14 bridgehead atoms. The normalized spacial score (nSPS) is 36.6. The lowest BCUT2D eigenvalue weighted by Crippen LogP contribution is -2.69. The van der Waals surface area contributed by atoms with Gasteiger partial charge < -0.3 is 166 Å². The van der Waals surface area contributed by atoms with Crippen molar-refractivity contribution in [1.82, 2.24) is 0 Å². The highest BCUT2D eigenvalue weighted by atomic mass is 32.2. The fraction of sp³-hybridized carbons (Fsp3) is 1.00. The molecule has 21 fully saturated rings. The van der Waals surface area contributed by atoms with E-state index in [9.17, 15) is 90.8 Å². The lowest BCUT2D eigenvalue weighted by molar-refractivity contribution is -0.403.